The molecule has 2 aliphatic rings. The van der Waals surface area contributed by atoms with Gasteiger partial charge in [0.05, 0.1) is 48.1 Å². The van der Waals surface area contributed by atoms with Crippen molar-refractivity contribution in [2.24, 2.45) is 0 Å². The lowest BCUT2D eigenvalue weighted by molar-refractivity contribution is -0.152. The van der Waals surface area contributed by atoms with Crippen molar-refractivity contribution in [3.63, 3.8) is 0 Å². The number of morpholine rings is 1. The van der Waals surface area contributed by atoms with Gasteiger partial charge in [-0.25, -0.2) is 13.4 Å². The van der Waals surface area contributed by atoms with Gasteiger partial charge in [-0.15, -0.1) is 11.3 Å². The number of sulfonamides is 1. The number of ether oxygens (including phenoxy) is 4. The Kier molecular flexibility index (Phi) is 11.0. The molecule has 0 unspecified atom stereocenters. The van der Waals surface area contributed by atoms with Crippen LogP contribution in [0.2, 0.25) is 0 Å². The lowest BCUT2D eigenvalue weighted by Crippen LogP contribution is -2.62. The molecule has 0 amide bonds. The number of carbonyl (C=O) groups is 1. The van der Waals surface area contributed by atoms with Crippen molar-refractivity contribution in [3.05, 3.63) is 77.3 Å². The Labute approximate surface area is 291 Å². The molecule has 0 bridgehead atoms. The average Bonchev–Trinajstić information content (AvgIpc) is 3.61. The van der Waals surface area contributed by atoms with Crippen molar-refractivity contribution in [3.8, 4) is 17.2 Å². The van der Waals surface area contributed by atoms with Gasteiger partial charge in [-0.2, -0.15) is 4.31 Å². The lowest BCUT2D eigenvalue weighted by atomic mass is 9.71. The maximum Gasteiger partial charge on any atom is 0.325 e. The van der Waals surface area contributed by atoms with Gasteiger partial charge in [-0.1, -0.05) is 18.2 Å². The Morgan fingerprint density at radius 1 is 1.02 bits per heavy atom. The molecule has 2 atom stereocenters. The van der Waals surface area contributed by atoms with Gasteiger partial charge in [0.15, 0.2) is 11.5 Å². The third kappa shape index (κ3) is 7.41. The molecule has 2 fully saturated rings. The maximum absolute atomic E-state index is 14.6. The molecule has 3 aromatic carbocycles. The number of thiazole rings is 1. The van der Waals surface area contributed by atoms with Crippen molar-refractivity contribution in [2.75, 3.05) is 60.2 Å². The summed E-state index contributed by atoms with van der Waals surface area (Å²) in [6.07, 6.45) is 2.14. The van der Waals surface area contributed by atoms with Gasteiger partial charge in [0, 0.05) is 32.1 Å². The number of carboxylic acids is 1. The highest BCUT2D eigenvalue weighted by molar-refractivity contribution is 7.89. The van der Waals surface area contributed by atoms with E-state index >= 15 is 0 Å². The molecule has 2 saturated heterocycles. The third-order valence-electron chi connectivity index (χ3n) is 9.66. The topological polar surface area (TPSA) is 128 Å². The Morgan fingerprint density at radius 2 is 1.84 bits per heavy atom. The van der Waals surface area contributed by atoms with Crippen LogP contribution in [-0.4, -0.2) is 99.4 Å². The number of aryl methyl sites for hydroxylation is 1. The molecule has 13 heteroatoms. The van der Waals surface area contributed by atoms with E-state index in [0.29, 0.717) is 73.8 Å². The van der Waals surface area contributed by atoms with Crippen LogP contribution >= 0.6 is 11.3 Å². The largest absolute Gasteiger partial charge is 0.493 e. The van der Waals surface area contributed by atoms with Crippen LogP contribution < -0.4 is 14.2 Å². The first-order chi connectivity index (χ1) is 23.8. The predicted octanol–water partition coefficient (Wildman–Crippen LogP) is 5.44. The predicted molar refractivity (Wildman–Crippen MR) is 188 cm³/mol. The first kappa shape index (κ1) is 35.1. The number of fused-ring (bicyclic) bond motifs is 1. The number of carboxylic acid groups (broad SMARTS) is 1. The number of aliphatic carboxylic acids is 1. The Bertz CT molecular complexity index is 1860. The third-order valence-corrected chi connectivity index (χ3v) is 12.4. The fourth-order valence-electron chi connectivity index (χ4n) is 7.11. The van der Waals surface area contributed by atoms with Gasteiger partial charge >= 0.3 is 5.97 Å². The molecule has 4 aromatic rings. The van der Waals surface area contributed by atoms with Crippen molar-refractivity contribution in [1.82, 2.24) is 14.2 Å². The van der Waals surface area contributed by atoms with Gasteiger partial charge in [0.2, 0.25) is 10.0 Å². The Morgan fingerprint density at radius 3 is 2.61 bits per heavy atom. The van der Waals surface area contributed by atoms with E-state index in [1.54, 1.807) is 31.9 Å². The molecule has 0 saturated carbocycles. The second-order valence-corrected chi connectivity index (χ2v) is 15.1. The second kappa shape index (κ2) is 15.4. The van der Waals surface area contributed by atoms with Crippen molar-refractivity contribution < 1.29 is 37.3 Å². The highest BCUT2D eigenvalue weighted by Gasteiger charge is 2.56. The maximum atomic E-state index is 14.6. The number of aromatic nitrogens is 1. The number of hydrogen-bond acceptors (Lipinski definition) is 10. The van der Waals surface area contributed by atoms with Crippen LogP contribution in [0.25, 0.3) is 10.2 Å². The van der Waals surface area contributed by atoms with E-state index in [1.165, 1.54) is 21.7 Å². The summed E-state index contributed by atoms with van der Waals surface area (Å²) in [7, 11) is -1.08. The first-order valence-electron chi connectivity index (χ1n) is 16.6. The van der Waals surface area contributed by atoms with Crippen LogP contribution in [0.5, 0.6) is 17.2 Å². The molecule has 262 valence electrons. The van der Waals surface area contributed by atoms with E-state index in [-0.39, 0.29) is 17.9 Å². The summed E-state index contributed by atoms with van der Waals surface area (Å²) < 4.78 is 53.8. The van der Waals surface area contributed by atoms with Gasteiger partial charge in [0.1, 0.15) is 17.9 Å². The van der Waals surface area contributed by atoms with Crippen molar-refractivity contribution in [1.29, 1.82) is 0 Å². The number of hydrogen-bond donors (Lipinski definition) is 1. The molecule has 11 nitrogen and oxygen atoms in total. The molecule has 1 N–H and O–H groups in total. The normalized spacial score (nSPS) is 19.8. The number of piperidine rings is 1. The molecule has 2 aliphatic heterocycles. The molecule has 6 rings (SSSR count). The fraction of sp³-hybridized carbons (Fsp3) is 0.444. The Balaban J connectivity index is 1.38. The number of nitrogens with zero attached hydrogens (tertiary/aromatic N) is 3. The quantitative estimate of drug-likeness (QED) is 0.181. The van der Waals surface area contributed by atoms with Crippen LogP contribution in [-0.2, 0) is 26.0 Å². The minimum Gasteiger partial charge on any atom is -0.493 e. The van der Waals surface area contributed by atoms with Gasteiger partial charge in [0.25, 0.3) is 0 Å². The van der Waals surface area contributed by atoms with E-state index in [4.69, 9.17) is 18.9 Å². The van der Waals surface area contributed by atoms with Gasteiger partial charge in [-0.05, 0) is 85.7 Å². The minimum atomic E-state index is -4.23. The van der Waals surface area contributed by atoms with E-state index in [9.17, 15) is 18.3 Å². The van der Waals surface area contributed by atoms with Crippen LogP contribution in [0.4, 0.5) is 0 Å². The van der Waals surface area contributed by atoms with Crippen LogP contribution in [0.3, 0.4) is 0 Å². The van der Waals surface area contributed by atoms with Crippen LogP contribution in [0.15, 0.2) is 71.1 Å². The number of benzene rings is 3. The first-order valence-corrected chi connectivity index (χ1v) is 18.9. The molecule has 3 heterocycles. The Hall–Kier alpha value is -3.75. The van der Waals surface area contributed by atoms with Crippen LogP contribution in [0, 0.1) is 0 Å². The highest BCUT2D eigenvalue weighted by Crippen LogP contribution is 2.47. The highest BCUT2D eigenvalue weighted by atomic mass is 32.2. The summed E-state index contributed by atoms with van der Waals surface area (Å²) in [6, 6.07) is 17.9. The number of methoxy groups -OCH3 is 2. The monoisotopic (exact) mass is 709 g/mol. The fourth-order valence-corrected chi connectivity index (χ4v) is 9.76. The SMILES string of the molecule is COc1ccc(CC[C@H](c2cccc(OCCN3CCOCC3)c2)[C@]2(C(=O)O)CCCCN2S(=O)(=O)c2ccc3ncsc3c2)cc1OC. The van der Waals surface area contributed by atoms with E-state index in [1.807, 2.05) is 42.5 Å². The number of rotatable bonds is 14. The summed E-state index contributed by atoms with van der Waals surface area (Å²) in [5.74, 6) is -0.0911. The molecular weight excluding hydrogens is 667 g/mol. The summed E-state index contributed by atoms with van der Waals surface area (Å²) in [6.45, 7) is 4.40. The van der Waals surface area contributed by atoms with Crippen LogP contribution in [0.1, 0.15) is 42.7 Å². The second-order valence-electron chi connectivity index (χ2n) is 12.4. The van der Waals surface area contributed by atoms with E-state index < -0.39 is 27.4 Å². The molecule has 1 aromatic heterocycles. The zero-order chi connectivity index (χ0) is 34.4. The van der Waals surface area contributed by atoms with Gasteiger partial charge in [-0.3, -0.25) is 9.69 Å². The zero-order valence-corrected chi connectivity index (χ0v) is 29.5. The van der Waals surface area contributed by atoms with Gasteiger partial charge < -0.3 is 24.1 Å². The summed E-state index contributed by atoms with van der Waals surface area (Å²) >= 11 is 1.35. The zero-order valence-electron chi connectivity index (χ0n) is 27.9. The molecular formula is C36H43N3O8S2. The van der Waals surface area contributed by atoms with Crippen molar-refractivity contribution >= 4 is 37.5 Å². The smallest absolute Gasteiger partial charge is 0.325 e. The lowest BCUT2D eigenvalue weighted by Gasteiger charge is -2.48. The minimum absolute atomic E-state index is 0.0654. The summed E-state index contributed by atoms with van der Waals surface area (Å²) in [5, 5.41) is 11.2. The molecule has 49 heavy (non-hydrogen) atoms. The molecule has 0 spiro atoms. The van der Waals surface area contributed by atoms with E-state index in [0.717, 1.165) is 29.9 Å². The molecule has 0 radical (unpaired) electrons. The standard InChI is InChI=1S/C36H43N3O8S2/c1-44-32-13-9-26(22-33(32)45-2)8-11-30(27-6-5-7-28(23-27)47-21-18-38-16-19-46-20-17-38)36(35(40)41)14-3-4-15-39(36)49(42,43)29-10-12-31-34(24-29)48-25-37-31/h5-7,9-10,12-13,22-25,30H,3-4,8,11,14-21H2,1-2H3,(H,40,41)/t30-,36+/m1/s1. The summed E-state index contributed by atoms with van der Waals surface area (Å²) in [5.41, 5.74) is 2.26. The van der Waals surface area contributed by atoms with E-state index in [2.05, 4.69) is 9.88 Å². The molecule has 0 aliphatic carbocycles. The van der Waals surface area contributed by atoms with Crippen molar-refractivity contribution in [2.45, 2.75) is 48.5 Å². The average molecular weight is 710 g/mol. The summed E-state index contributed by atoms with van der Waals surface area (Å²) in [4.78, 5) is 20.4.